The lowest BCUT2D eigenvalue weighted by atomic mass is 10.2. The van der Waals surface area contributed by atoms with E-state index < -0.39 is 0 Å². The first kappa shape index (κ1) is 9.69. The fourth-order valence-corrected chi connectivity index (χ4v) is 0.751. The maximum atomic E-state index is 4.02. The smallest absolute Gasteiger partial charge is 0.0851 e. The zero-order valence-corrected chi connectivity index (χ0v) is 7.09. The van der Waals surface area contributed by atoms with E-state index in [1.165, 1.54) is 6.20 Å². The zero-order chi connectivity index (χ0) is 8.69. The third-order valence-corrected chi connectivity index (χ3v) is 1.26. The second kappa shape index (κ2) is 5.47. The molecular weight excluding hydrogens is 136 g/mol. The molecule has 0 unspecified atom stereocenters. The van der Waals surface area contributed by atoms with Crippen LogP contribution in [0.15, 0.2) is 42.2 Å². The van der Waals surface area contributed by atoms with Crippen LogP contribution in [0, 0.1) is 0 Å². The molecule has 0 aliphatic carbocycles. The summed E-state index contributed by atoms with van der Waals surface area (Å²) in [4.78, 5) is 4.02. The maximum absolute atomic E-state index is 4.02. The van der Waals surface area contributed by atoms with E-state index in [-0.39, 0.29) is 0 Å². The van der Waals surface area contributed by atoms with Crippen LogP contribution in [-0.4, -0.2) is 12.8 Å². The van der Waals surface area contributed by atoms with Gasteiger partial charge in [0.2, 0.25) is 0 Å². The summed E-state index contributed by atoms with van der Waals surface area (Å²) in [5, 5.41) is 3.00. The predicted molar refractivity (Wildman–Crippen MR) is 50.6 cm³/mol. The Hall–Kier alpha value is -1.31. The molecule has 0 aromatic carbocycles. The predicted octanol–water partition coefficient (Wildman–Crippen LogP) is 1.88. The largest absolute Gasteiger partial charge is 0.387 e. The molecule has 0 saturated heterocycles. The number of allylic oxidation sites excluding steroid dienone is 2. The van der Waals surface area contributed by atoms with Gasteiger partial charge in [-0.25, -0.2) is 0 Å². The average Bonchev–Trinajstić information content (AvgIpc) is 2.05. The molecule has 0 fully saturated rings. The molecule has 0 aromatic heterocycles. The van der Waals surface area contributed by atoms with E-state index in [1.807, 2.05) is 20.0 Å². The van der Waals surface area contributed by atoms with Crippen LogP contribution in [0.2, 0.25) is 0 Å². The third kappa shape index (κ3) is 2.85. The molecule has 0 heterocycles. The maximum Gasteiger partial charge on any atom is 0.0851 e. The van der Waals surface area contributed by atoms with E-state index in [1.54, 1.807) is 6.08 Å². The first-order valence-electron chi connectivity index (χ1n) is 3.45. The minimum atomic E-state index is 0.810. The molecule has 60 valence electrons. The SMILES string of the molecule is C=CN=C(C=C)/C(=C\C)NC. The average molecular weight is 150 g/mol. The van der Waals surface area contributed by atoms with E-state index in [9.17, 15) is 0 Å². The van der Waals surface area contributed by atoms with Gasteiger partial charge in [-0.1, -0.05) is 19.2 Å². The fraction of sp³-hybridized carbons (Fsp3) is 0.222. The van der Waals surface area contributed by atoms with Crippen LogP contribution in [0.25, 0.3) is 0 Å². The van der Waals surface area contributed by atoms with Gasteiger partial charge in [-0.3, -0.25) is 4.99 Å². The Labute approximate surface area is 68.0 Å². The highest BCUT2D eigenvalue weighted by molar-refractivity contribution is 6.07. The first-order valence-corrected chi connectivity index (χ1v) is 3.45. The van der Waals surface area contributed by atoms with Crippen LogP contribution < -0.4 is 5.32 Å². The number of hydrogen-bond acceptors (Lipinski definition) is 2. The van der Waals surface area contributed by atoms with Crippen molar-refractivity contribution in [2.45, 2.75) is 6.92 Å². The van der Waals surface area contributed by atoms with Gasteiger partial charge in [-0.15, -0.1) is 0 Å². The second-order valence-corrected chi connectivity index (χ2v) is 1.85. The number of aliphatic imine (C=N–C) groups is 1. The van der Waals surface area contributed by atoms with E-state index in [4.69, 9.17) is 0 Å². The summed E-state index contributed by atoms with van der Waals surface area (Å²) >= 11 is 0. The molecule has 0 aliphatic heterocycles. The molecule has 2 nitrogen and oxygen atoms in total. The van der Waals surface area contributed by atoms with Crippen molar-refractivity contribution in [1.82, 2.24) is 5.32 Å². The van der Waals surface area contributed by atoms with Gasteiger partial charge < -0.3 is 5.32 Å². The number of hydrogen-bond donors (Lipinski definition) is 1. The second-order valence-electron chi connectivity index (χ2n) is 1.85. The van der Waals surface area contributed by atoms with Gasteiger partial charge in [0.15, 0.2) is 0 Å². The standard InChI is InChI=1S/C9H14N2/c1-5-8(10-4)9(6-2)11-7-3/h5-7,10H,2-3H2,1,4H3/b8-5+,11-9?. The van der Waals surface area contributed by atoms with Gasteiger partial charge in [0.05, 0.1) is 11.4 Å². The summed E-state index contributed by atoms with van der Waals surface area (Å²) in [5.41, 5.74) is 1.77. The van der Waals surface area contributed by atoms with E-state index >= 15 is 0 Å². The summed E-state index contributed by atoms with van der Waals surface area (Å²) in [6, 6.07) is 0. The molecule has 0 spiro atoms. The first-order chi connectivity index (χ1) is 5.29. The molecule has 0 aromatic rings. The highest BCUT2D eigenvalue weighted by atomic mass is 14.9. The lowest BCUT2D eigenvalue weighted by Crippen LogP contribution is -2.13. The van der Waals surface area contributed by atoms with Gasteiger partial charge in [0.1, 0.15) is 0 Å². The van der Waals surface area contributed by atoms with Crippen molar-refractivity contribution in [1.29, 1.82) is 0 Å². The Morgan fingerprint density at radius 1 is 1.45 bits per heavy atom. The van der Waals surface area contributed by atoms with Gasteiger partial charge in [0.25, 0.3) is 0 Å². The molecular formula is C9H14N2. The molecule has 0 radical (unpaired) electrons. The van der Waals surface area contributed by atoms with Crippen molar-refractivity contribution in [3.05, 3.63) is 37.2 Å². The monoisotopic (exact) mass is 150 g/mol. The highest BCUT2D eigenvalue weighted by Crippen LogP contribution is 1.94. The number of nitrogens with one attached hydrogen (secondary N) is 1. The van der Waals surface area contributed by atoms with Crippen molar-refractivity contribution < 1.29 is 0 Å². The normalized spacial score (nSPS) is 12.5. The molecule has 0 rings (SSSR count). The van der Waals surface area contributed by atoms with Gasteiger partial charge in [-0.2, -0.15) is 0 Å². The van der Waals surface area contributed by atoms with Gasteiger partial charge in [-0.05, 0) is 13.0 Å². The Kier molecular flexibility index (Phi) is 4.82. The quantitative estimate of drug-likeness (QED) is 0.608. The number of rotatable bonds is 4. The van der Waals surface area contributed by atoms with E-state index in [2.05, 4.69) is 23.5 Å². The van der Waals surface area contributed by atoms with Crippen molar-refractivity contribution in [3.8, 4) is 0 Å². The van der Waals surface area contributed by atoms with Crippen molar-refractivity contribution >= 4 is 5.71 Å². The highest BCUT2D eigenvalue weighted by Gasteiger charge is 1.96. The van der Waals surface area contributed by atoms with Crippen molar-refractivity contribution in [2.75, 3.05) is 7.05 Å². The summed E-state index contributed by atoms with van der Waals surface area (Å²) in [7, 11) is 1.84. The summed E-state index contributed by atoms with van der Waals surface area (Å²) in [6.45, 7) is 9.08. The summed E-state index contributed by atoms with van der Waals surface area (Å²) in [6.07, 6.45) is 5.12. The Morgan fingerprint density at radius 3 is 2.36 bits per heavy atom. The van der Waals surface area contributed by atoms with Crippen LogP contribution in [0.1, 0.15) is 6.92 Å². The molecule has 0 aliphatic rings. The minimum absolute atomic E-state index is 0.810. The van der Waals surface area contributed by atoms with Crippen LogP contribution in [0.4, 0.5) is 0 Å². The molecule has 0 atom stereocenters. The van der Waals surface area contributed by atoms with Crippen LogP contribution >= 0.6 is 0 Å². The van der Waals surface area contributed by atoms with E-state index in [0.29, 0.717) is 0 Å². The number of nitrogens with zero attached hydrogens (tertiary/aromatic N) is 1. The zero-order valence-electron chi connectivity index (χ0n) is 7.09. The molecule has 11 heavy (non-hydrogen) atoms. The third-order valence-electron chi connectivity index (χ3n) is 1.26. The Bertz CT molecular complexity index is 200. The lowest BCUT2D eigenvalue weighted by Gasteiger charge is -2.03. The molecule has 0 bridgehead atoms. The molecule has 1 N–H and O–H groups in total. The van der Waals surface area contributed by atoms with Gasteiger partial charge in [0, 0.05) is 13.2 Å². The molecule has 0 amide bonds. The fourth-order valence-electron chi connectivity index (χ4n) is 0.751. The van der Waals surface area contributed by atoms with Crippen LogP contribution in [0.5, 0.6) is 0 Å². The van der Waals surface area contributed by atoms with Crippen LogP contribution in [0.3, 0.4) is 0 Å². The topological polar surface area (TPSA) is 24.4 Å². The van der Waals surface area contributed by atoms with E-state index in [0.717, 1.165) is 11.4 Å². The molecule has 2 heteroatoms. The van der Waals surface area contributed by atoms with Crippen LogP contribution in [-0.2, 0) is 0 Å². The Balaban J connectivity index is 4.61. The lowest BCUT2D eigenvalue weighted by molar-refractivity contribution is 1.05. The van der Waals surface area contributed by atoms with Crippen molar-refractivity contribution in [3.63, 3.8) is 0 Å². The Morgan fingerprint density at radius 2 is 2.09 bits per heavy atom. The summed E-state index contributed by atoms with van der Waals surface area (Å²) in [5.74, 6) is 0. The summed E-state index contributed by atoms with van der Waals surface area (Å²) < 4.78 is 0. The minimum Gasteiger partial charge on any atom is -0.387 e. The molecule has 0 saturated carbocycles. The van der Waals surface area contributed by atoms with Crippen molar-refractivity contribution in [2.24, 2.45) is 4.99 Å². The van der Waals surface area contributed by atoms with Gasteiger partial charge >= 0.3 is 0 Å².